The van der Waals surface area contributed by atoms with Gasteiger partial charge >= 0.3 is 12.1 Å². The number of carboxylic acids is 1. The normalized spacial score (nSPS) is 23.9. The third-order valence-electron chi connectivity index (χ3n) is 9.87. The largest absolute Gasteiger partial charge is 0.480 e. The first kappa shape index (κ1) is 32.9. The number of piperidine rings is 1. The topological polar surface area (TPSA) is 166 Å². The summed E-state index contributed by atoms with van der Waals surface area (Å²) in [4.78, 5) is 46.6. The lowest BCUT2D eigenvalue weighted by Gasteiger charge is -2.53. The van der Waals surface area contributed by atoms with Crippen molar-refractivity contribution in [2.24, 2.45) is 0 Å². The van der Waals surface area contributed by atoms with Gasteiger partial charge in [0.15, 0.2) is 5.76 Å². The van der Waals surface area contributed by atoms with Crippen LogP contribution in [0.1, 0.15) is 49.9 Å². The standard InChI is InChI=1S/C32H37F2N7O8/c1-18-32(16-46-17-32)48-11-9-40(18)22-12-20(19-5-7-39(8-6-19)31(44)45-2)14-35-28(22)49-21-13-23(29(42)43)41(15-21)30-37-26(24-4-3-10-47-24)36-27(38-30)25(33)34/h3-4,10,12,14,18-19,21,23,25H,5-9,11,13,15-17H2,1-2H3,(H,42,43)/t18-,21-,23-/m0/s1. The number of ether oxygens (including phenoxy) is 4. The lowest BCUT2D eigenvalue weighted by Crippen LogP contribution is -2.68. The number of carbonyl (C=O) groups excluding carboxylic acids is 1. The van der Waals surface area contributed by atoms with E-state index >= 15 is 0 Å². The van der Waals surface area contributed by atoms with Crippen molar-refractivity contribution in [2.75, 3.05) is 62.9 Å². The van der Waals surface area contributed by atoms with Crippen LogP contribution in [0.15, 0.2) is 35.1 Å². The first-order chi connectivity index (χ1) is 23.7. The quantitative estimate of drug-likeness (QED) is 0.366. The Hall–Kier alpha value is -4.64. The second-order valence-electron chi connectivity index (χ2n) is 12.7. The summed E-state index contributed by atoms with van der Waals surface area (Å²) in [6.45, 7) is 5.14. The Morgan fingerprint density at radius 3 is 2.57 bits per heavy atom. The molecule has 1 spiro atoms. The molecule has 3 aromatic heterocycles. The minimum Gasteiger partial charge on any atom is -0.480 e. The van der Waals surface area contributed by atoms with Crippen molar-refractivity contribution < 1.29 is 46.8 Å². The number of rotatable bonds is 8. The van der Waals surface area contributed by atoms with Crippen LogP contribution in [0.25, 0.3) is 11.6 Å². The summed E-state index contributed by atoms with van der Waals surface area (Å²) in [5.74, 6) is -1.72. The highest BCUT2D eigenvalue weighted by Gasteiger charge is 2.50. The maximum absolute atomic E-state index is 13.9. The summed E-state index contributed by atoms with van der Waals surface area (Å²) in [6.07, 6.45) is 0.547. The second-order valence-corrected chi connectivity index (χ2v) is 12.7. The van der Waals surface area contributed by atoms with Gasteiger partial charge in [-0.15, -0.1) is 0 Å². The lowest BCUT2D eigenvalue weighted by atomic mass is 9.88. The van der Waals surface area contributed by atoms with Crippen molar-refractivity contribution in [3.63, 3.8) is 0 Å². The summed E-state index contributed by atoms with van der Waals surface area (Å²) in [7, 11) is 1.37. The van der Waals surface area contributed by atoms with Crippen LogP contribution in [-0.4, -0.2) is 119 Å². The van der Waals surface area contributed by atoms with Crippen LogP contribution in [0.5, 0.6) is 5.88 Å². The number of morpholine rings is 1. The van der Waals surface area contributed by atoms with Crippen molar-refractivity contribution in [1.29, 1.82) is 0 Å². The maximum Gasteiger partial charge on any atom is 0.409 e. The maximum atomic E-state index is 13.9. The summed E-state index contributed by atoms with van der Waals surface area (Å²) >= 11 is 0. The van der Waals surface area contributed by atoms with Crippen LogP contribution in [0.3, 0.4) is 0 Å². The molecule has 0 unspecified atom stereocenters. The van der Waals surface area contributed by atoms with E-state index in [4.69, 9.17) is 28.3 Å². The van der Waals surface area contributed by atoms with Crippen LogP contribution >= 0.6 is 0 Å². The Labute approximate surface area is 280 Å². The van der Waals surface area contributed by atoms with Gasteiger partial charge in [-0.3, -0.25) is 0 Å². The molecule has 4 saturated heterocycles. The smallest absolute Gasteiger partial charge is 0.409 e. The number of anilines is 2. The average molecular weight is 686 g/mol. The van der Waals surface area contributed by atoms with Gasteiger partial charge in [-0.1, -0.05) is 0 Å². The average Bonchev–Trinajstić information content (AvgIpc) is 3.79. The van der Waals surface area contributed by atoms with Gasteiger partial charge in [-0.05, 0) is 49.4 Å². The molecular formula is C32H37F2N7O8. The van der Waals surface area contributed by atoms with Gasteiger partial charge < -0.3 is 43.2 Å². The molecule has 7 heterocycles. The molecular weight excluding hydrogens is 648 g/mol. The fraction of sp³-hybridized carbons (Fsp3) is 0.562. The molecule has 0 aliphatic carbocycles. The first-order valence-electron chi connectivity index (χ1n) is 16.2. The molecule has 49 heavy (non-hydrogen) atoms. The number of carbonyl (C=O) groups is 2. The number of aromatic nitrogens is 4. The number of furan rings is 1. The first-order valence-corrected chi connectivity index (χ1v) is 16.2. The number of pyridine rings is 1. The van der Waals surface area contributed by atoms with Crippen LogP contribution < -0.4 is 14.5 Å². The fourth-order valence-corrected chi connectivity index (χ4v) is 7.02. The van der Waals surface area contributed by atoms with Gasteiger partial charge in [-0.25, -0.2) is 28.3 Å². The Balaban J connectivity index is 1.18. The number of methoxy groups -OCH3 is 1. The number of likely N-dealkylation sites (tertiary alicyclic amines) is 1. The van der Waals surface area contributed by atoms with E-state index in [0.29, 0.717) is 45.3 Å². The van der Waals surface area contributed by atoms with Crippen molar-refractivity contribution in [3.05, 3.63) is 42.0 Å². The third kappa shape index (κ3) is 6.32. The van der Waals surface area contributed by atoms with Gasteiger partial charge in [0.2, 0.25) is 23.5 Å². The second kappa shape index (κ2) is 13.3. The molecule has 4 aliphatic heterocycles. The fourth-order valence-electron chi connectivity index (χ4n) is 7.02. The van der Waals surface area contributed by atoms with Gasteiger partial charge in [0.1, 0.15) is 23.4 Å². The zero-order valence-electron chi connectivity index (χ0n) is 27.0. The Morgan fingerprint density at radius 1 is 1.12 bits per heavy atom. The number of halogens is 2. The highest BCUT2D eigenvalue weighted by Crippen LogP contribution is 2.41. The zero-order chi connectivity index (χ0) is 34.3. The van der Waals surface area contributed by atoms with Crippen molar-refractivity contribution in [3.8, 4) is 17.5 Å². The number of alkyl halides is 2. The highest BCUT2D eigenvalue weighted by molar-refractivity contribution is 5.78. The Kier molecular flexibility index (Phi) is 8.96. The van der Waals surface area contributed by atoms with Gasteiger partial charge in [0.25, 0.3) is 6.43 Å². The molecule has 15 nitrogen and oxygen atoms in total. The molecule has 4 fully saturated rings. The molecule has 4 aliphatic rings. The van der Waals surface area contributed by atoms with Crippen molar-refractivity contribution in [1.82, 2.24) is 24.8 Å². The van der Waals surface area contributed by atoms with E-state index in [1.54, 1.807) is 17.2 Å². The summed E-state index contributed by atoms with van der Waals surface area (Å²) < 4.78 is 56.1. The van der Waals surface area contributed by atoms with E-state index in [0.717, 1.165) is 24.1 Å². The molecule has 0 bridgehead atoms. The number of carboxylic acid groups (broad SMARTS) is 1. The van der Waals surface area contributed by atoms with Crippen molar-refractivity contribution in [2.45, 2.75) is 62.3 Å². The van der Waals surface area contributed by atoms with Crippen LogP contribution in [0.4, 0.5) is 25.2 Å². The predicted octanol–water partition coefficient (Wildman–Crippen LogP) is 3.52. The molecule has 262 valence electrons. The van der Waals surface area contributed by atoms with Crippen LogP contribution in [0.2, 0.25) is 0 Å². The zero-order valence-corrected chi connectivity index (χ0v) is 27.0. The van der Waals surface area contributed by atoms with Gasteiger partial charge in [0, 0.05) is 32.3 Å². The van der Waals surface area contributed by atoms with Crippen LogP contribution in [0, 0.1) is 0 Å². The molecule has 7 rings (SSSR count). The van der Waals surface area contributed by atoms with E-state index in [1.807, 2.05) is 0 Å². The third-order valence-corrected chi connectivity index (χ3v) is 9.87. The molecule has 3 atom stereocenters. The van der Waals surface area contributed by atoms with Crippen molar-refractivity contribution >= 4 is 23.7 Å². The predicted molar refractivity (Wildman–Crippen MR) is 167 cm³/mol. The monoisotopic (exact) mass is 685 g/mol. The molecule has 1 amide bonds. The van der Waals surface area contributed by atoms with E-state index < -0.39 is 36.0 Å². The number of aliphatic carboxylic acids is 1. The number of amides is 1. The highest BCUT2D eigenvalue weighted by atomic mass is 19.3. The molecule has 0 aromatic carbocycles. The summed E-state index contributed by atoms with van der Waals surface area (Å²) in [5.41, 5.74) is 1.26. The van der Waals surface area contributed by atoms with E-state index in [2.05, 4.69) is 32.8 Å². The Morgan fingerprint density at radius 2 is 1.92 bits per heavy atom. The van der Waals surface area contributed by atoms with E-state index in [-0.39, 0.29) is 48.6 Å². The summed E-state index contributed by atoms with van der Waals surface area (Å²) in [5, 5.41) is 10.2. The van der Waals surface area contributed by atoms with Gasteiger partial charge in [0.05, 0.1) is 45.8 Å². The van der Waals surface area contributed by atoms with Crippen LogP contribution in [-0.2, 0) is 19.0 Å². The molecule has 17 heteroatoms. The number of hydrogen-bond acceptors (Lipinski definition) is 13. The van der Waals surface area contributed by atoms with Gasteiger partial charge in [-0.2, -0.15) is 9.97 Å². The Bertz CT molecular complexity index is 1670. The molecule has 3 aromatic rings. The minimum atomic E-state index is -3.02. The molecule has 0 radical (unpaired) electrons. The summed E-state index contributed by atoms with van der Waals surface area (Å²) in [6, 6.07) is 3.90. The number of nitrogens with zero attached hydrogens (tertiary/aromatic N) is 7. The number of hydrogen-bond donors (Lipinski definition) is 1. The van der Waals surface area contributed by atoms with E-state index in [1.165, 1.54) is 24.3 Å². The SMILES string of the molecule is COC(=O)N1CCC(c2cnc(O[C@H]3C[C@@H](C(=O)O)N(c4nc(-c5ccco5)nc(C(F)F)n4)C3)c(N3CCOC4(COC4)[C@@H]3C)c2)CC1. The molecule has 1 N–H and O–H groups in total. The molecule has 0 saturated carbocycles. The minimum absolute atomic E-state index is 0.00739. The van der Waals surface area contributed by atoms with E-state index in [9.17, 15) is 23.5 Å². The lowest BCUT2D eigenvalue weighted by molar-refractivity contribution is -0.228.